The minimum Gasteiger partial charge on any atom is -0.339 e. The molecule has 0 amide bonds. The molecule has 102 valence electrons. The van der Waals surface area contributed by atoms with E-state index in [-0.39, 0.29) is 0 Å². The summed E-state index contributed by atoms with van der Waals surface area (Å²) < 4.78 is 1.74. The zero-order valence-electron chi connectivity index (χ0n) is 10.8. The van der Waals surface area contributed by atoms with Gasteiger partial charge in [0.05, 0.1) is 5.02 Å². The number of hydrogen-bond acceptors (Lipinski definition) is 4. The Morgan fingerprint density at radius 2 is 2.32 bits per heavy atom. The Labute approximate surface area is 117 Å². The molecular weight excluding hydrogens is 262 g/mol. The minimum absolute atomic E-state index is 0.661. The van der Waals surface area contributed by atoms with Crippen molar-refractivity contribution < 1.29 is 0 Å². The second kappa shape index (κ2) is 5.35. The highest BCUT2D eigenvalue weighted by Crippen LogP contribution is 2.23. The van der Waals surface area contributed by atoms with E-state index in [1.807, 2.05) is 12.1 Å². The Bertz CT molecular complexity index is 565. The van der Waals surface area contributed by atoms with Crippen molar-refractivity contribution >= 4 is 23.2 Å². The fourth-order valence-electron chi connectivity index (χ4n) is 2.70. The van der Waals surface area contributed by atoms with E-state index < -0.39 is 0 Å². The second-order valence-corrected chi connectivity index (χ2v) is 5.53. The molecule has 2 aromatic rings. The lowest BCUT2D eigenvalue weighted by atomic mass is 9.95. The van der Waals surface area contributed by atoms with Gasteiger partial charge in [0.1, 0.15) is 0 Å². The fourth-order valence-corrected chi connectivity index (χ4v) is 2.85. The maximum atomic E-state index is 5.96. The summed E-state index contributed by atoms with van der Waals surface area (Å²) in [5, 5.41) is 5.18. The van der Waals surface area contributed by atoms with E-state index in [0.717, 1.165) is 37.7 Å². The molecule has 5 nitrogen and oxygen atoms in total. The first-order valence-electron chi connectivity index (χ1n) is 6.73. The lowest BCUT2D eigenvalue weighted by Gasteiger charge is -2.31. The summed E-state index contributed by atoms with van der Waals surface area (Å²) in [5.41, 5.74) is 6.49. The molecule has 2 N–H and O–H groups in total. The van der Waals surface area contributed by atoms with Crippen LogP contribution in [-0.2, 0) is 0 Å². The number of halogens is 1. The van der Waals surface area contributed by atoms with E-state index in [1.165, 1.54) is 12.8 Å². The third-order valence-corrected chi connectivity index (χ3v) is 3.88. The standard InChI is InChI=1S/C13H18ClN5/c14-11-3-4-12-16-13(17-19(12)9-11)18-7-1-2-10(8-18)5-6-15/h3-4,9-10H,1-2,5-8,15H2. The van der Waals surface area contributed by atoms with Crippen LogP contribution in [0.15, 0.2) is 18.3 Å². The average Bonchev–Trinajstić information content (AvgIpc) is 2.82. The van der Waals surface area contributed by atoms with Gasteiger partial charge in [-0.15, -0.1) is 5.10 Å². The quantitative estimate of drug-likeness (QED) is 0.933. The number of rotatable bonds is 3. The molecule has 0 radical (unpaired) electrons. The summed E-state index contributed by atoms with van der Waals surface area (Å²) in [6.45, 7) is 2.78. The minimum atomic E-state index is 0.661. The summed E-state index contributed by atoms with van der Waals surface area (Å²) in [7, 11) is 0. The molecule has 0 saturated carbocycles. The summed E-state index contributed by atoms with van der Waals surface area (Å²) in [4.78, 5) is 6.81. The number of aromatic nitrogens is 3. The fraction of sp³-hybridized carbons (Fsp3) is 0.538. The van der Waals surface area contributed by atoms with Gasteiger partial charge in [-0.2, -0.15) is 4.98 Å². The average molecular weight is 280 g/mol. The van der Waals surface area contributed by atoms with Crippen LogP contribution in [-0.4, -0.2) is 34.2 Å². The van der Waals surface area contributed by atoms with Crippen LogP contribution in [0.2, 0.25) is 5.02 Å². The highest BCUT2D eigenvalue weighted by Gasteiger charge is 2.22. The van der Waals surface area contributed by atoms with Crippen LogP contribution in [0.3, 0.4) is 0 Å². The van der Waals surface area contributed by atoms with Crippen LogP contribution in [0.1, 0.15) is 19.3 Å². The highest BCUT2D eigenvalue weighted by atomic mass is 35.5. The van der Waals surface area contributed by atoms with Crippen LogP contribution in [0.4, 0.5) is 5.95 Å². The van der Waals surface area contributed by atoms with Gasteiger partial charge in [-0.1, -0.05) is 11.6 Å². The summed E-state index contributed by atoms with van der Waals surface area (Å²) in [6, 6.07) is 3.73. The van der Waals surface area contributed by atoms with E-state index in [1.54, 1.807) is 10.7 Å². The van der Waals surface area contributed by atoms with Gasteiger partial charge in [0, 0.05) is 19.3 Å². The van der Waals surface area contributed by atoms with Gasteiger partial charge in [-0.3, -0.25) is 0 Å². The molecule has 1 aliphatic rings. The molecule has 19 heavy (non-hydrogen) atoms. The molecule has 1 atom stereocenters. The SMILES string of the molecule is NCCC1CCCN(c2nc3ccc(Cl)cn3n2)C1. The third-order valence-electron chi connectivity index (χ3n) is 3.66. The van der Waals surface area contributed by atoms with Crippen molar-refractivity contribution in [2.24, 2.45) is 11.7 Å². The molecule has 0 aliphatic carbocycles. The van der Waals surface area contributed by atoms with Crippen LogP contribution in [0.5, 0.6) is 0 Å². The molecule has 3 heterocycles. The number of nitrogens with zero attached hydrogens (tertiary/aromatic N) is 4. The van der Waals surface area contributed by atoms with Gasteiger partial charge in [0.2, 0.25) is 5.95 Å². The number of nitrogens with two attached hydrogens (primary N) is 1. The smallest absolute Gasteiger partial charge is 0.245 e. The van der Waals surface area contributed by atoms with Gasteiger partial charge in [0.15, 0.2) is 5.65 Å². The lowest BCUT2D eigenvalue weighted by Crippen LogP contribution is -2.36. The molecule has 1 saturated heterocycles. The maximum Gasteiger partial charge on any atom is 0.245 e. The molecule has 0 aromatic carbocycles. The monoisotopic (exact) mass is 279 g/mol. The number of hydrogen-bond donors (Lipinski definition) is 1. The summed E-state index contributed by atoms with van der Waals surface area (Å²) >= 11 is 5.96. The topological polar surface area (TPSA) is 59.5 Å². The second-order valence-electron chi connectivity index (χ2n) is 5.09. The number of piperidine rings is 1. The van der Waals surface area contributed by atoms with E-state index in [9.17, 15) is 0 Å². The molecular formula is C13H18ClN5. The predicted molar refractivity (Wildman–Crippen MR) is 76.6 cm³/mol. The normalized spacial score (nSPS) is 20.1. The van der Waals surface area contributed by atoms with Crippen LogP contribution < -0.4 is 10.6 Å². The van der Waals surface area contributed by atoms with Crippen molar-refractivity contribution in [3.8, 4) is 0 Å². The summed E-state index contributed by atoms with van der Waals surface area (Å²) in [5.74, 6) is 1.46. The van der Waals surface area contributed by atoms with E-state index in [2.05, 4.69) is 15.0 Å². The Hall–Kier alpha value is -1.33. The number of fused-ring (bicyclic) bond motifs is 1. The molecule has 0 spiro atoms. The number of pyridine rings is 1. The molecule has 1 fully saturated rings. The molecule has 3 rings (SSSR count). The van der Waals surface area contributed by atoms with E-state index in [4.69, 9.17) is 17.3 Å². The van der Waals surface area contributed by atoms with Crippen LogP contribution >= 0.6 is 11.6 Å². The number of anilines is 1. The van der Waals surface area contributed by atoms with Gasteiger partial charge in [-0.05, 0) is 43.9 Å². The van der Waals surface area contributed by atoms with Crippen molar-refractivity contribution in [3.63, 3.8) is 0 Å². The Kier molecular flexibility index (Phi) is 3.57. The van der Waals surface area contributed by atoms with Crippen molar-refractivity contribution in [2.75, 3.05) is 24.5 Å². The Balaban J connectivity index is 1.83. The molecule has 0 bridgehead atoms. The van der Waals surface area contributed by atoms with E-state index in [0.29, 0.717) is 10.9 Å². The van der Waals surface area contributed by atoms with Crippen molar-refractivity contribution in [1.29, 1.82) is 0 Å². The first-order chi connectivity index (χ1) is 9.26. The molecule has 1 unspecified atom stereocenters. The van der Waals surface area contributed by atoms with Gasteiger partial charge < -0.3 is 10.6 Å². The van der Waals surface area contributed by atoms with Crippen molar-refractivity contribution in [1.82, 2.24) is 14.6 Å². The maximum absolute atomic E-state index is 5.96. The first-order valence-corrected chi connectivity index (χ1v) is 7.11. The largest absolute Gasteiger partial charge is 0.339 e. The molecule has 1 aliphatic heterocycles. The molecule has 6 heteroatoms. The lowest BCUT2D eigenvalue weighted by molar-refractivity contribution is 0.392. The van der Waals surface area contributed by atoms with E-state index >= 15 is 0 Å². The Morgan fingerprint density at radius 1 is 1.42 bits per heavy atom. The third kappa shape index (κ3) is 2.67. The van der Waals surface area contributed by atoms with Crippen LogP contribution in [0, 0.1) is 5.92 Å². The van der Waals surface area contributed by atoms with Gasteiger partial charge >= 0.3 is 0 Å². The summed E-state index contributed by atoms with van der Waals surface area (Å²) in [6.07, 6.45) is 5.30. The van der Waals surface area contributed by atoms with Crippen LogP contribution in [0.25, 0.3) is 5.65 Å². The van der Waals surface area contributed by atoms with Crippen molar-refractivity contribution in [3.05, 3.63) is 23.4 Å². The highest BCUT2D eigenvalue weighted by molar-refractivity contribution is 6.30. The predicted octanol–water partition coefficient (Wildman–Crippen LogP) is 1.95. The first kappa shape index (κ1) is 12.7. The van der Waals surface area contributed by atoms with Crippen molar-refractivity contribution in [2.45, 2.75) is 19.3 Å². The van der Waals surface area contributed by atoms with Gasteiger partial charge in [0.25, 0.3) is 0 Å². The zero-order valence-corrected chi connectivity index (χ0v) is 11.6. The molecule has 2 aromatic heterocycles. The zero-order chi connectivity index (χ0) is 13.2. The van der Waals surface area contributed by atoms with Gasteiger partial charge in [-0.25, -0.2) is 4.52 Å². The Morgan fingerprint density at radius 3 is 3.16 bits per heavy atom.